The minimum atomic E-state index is -0.103. The van der Waals surface area contributed by atoms with Gasteiger partial charge in [0.15, 0.2) is 5.16 Å². The number of aromatic nitrogens is 2. The van der Waals surface area contributed by atoms with Crippen LogP contribution in [-0.2, 0) is 11.3 Å². The van der Waals surface area contributed by atoms with E-state index in [1.165, 1.54) is 17.3 Å². The second-order valence-electron chi connectivity index (χ2n) is 6.92. The van der Waals surface area contributed by atoms with Crippen molar-refractivity contribution in [1.82, 2.24) is 14.9 Å². The van der Waals surface area contributed by atoms with Gasteiger partial charge in [-0.05, 0) is 36.1 Å². The zero-order valence-electron chi connectivity index (χ0n) is 16.5. The molecule has 0 unspecified atom stereocenters. The van der Waals surface area contributed by atoms with Crippen molar-refractivity contribution in [3.63, 3.8) is 0 Å². The average molecular weight is 430 g/mol. The normalized spacial score (nSPS) is 12.1. The monoisotopic (exact) mass is 429 g/mol. The van der Waals surface area contributed by atoms with Crippen LogP contribution in [0.25, 0.3) is 10.9 Å². The van der Waals surface area contributed by atoms with Crippen LogP contribution in [0.5, 0.6) is 0 Å². The minimum absolute atomic E-state index is 0.0822. The Morgan fingerprint density at radius 3 is 2.72 bits per heavy atom. The van der Waals surface area contributed by atoms with Crippen LogP contribution in [0.2, 0.25) is 5.02 Å². The van der Waals surface area contributed by atoms with Crippen LogP contribution >= 0.6 is 23.4 Å². The molecule has 0 aliphatic rings. The van der Waals surface area contributed by atoms with Gasteiger partial charge in [-0.25, -0.2) is 4.98 Å². The lowest BCUT2D eigenvalue weighted by Crippen LogP contribution is -2.29. The number of fused-ring (bicyclic) bond motifs is 1. The molecule has 1 atom stereocenters. The van der Waals surface area contributed by atoms with Gasteiger partial charge in [-0.15, -0.1) is 0 Å². The van der Waals surface area contributed by atoms with Crippen LogP contribution in [0.15, 0.2) is 58.5 Å². The summed E-state index contributed by atoms with van der Waals surface area (Å²) >= 11 is 7.33. The van der Waals surface area contributed by atoms with Crippen molar-refractivity contribution in [2.45, 2.75) is 37.9 Å². The Morgan fingerprint density at radius 2 is 2.00 bits per heavy atom. The highest BCUT2D eigenvalue weighted by molar-refractivity contribution is 7.99. The standard InChI is InChI=1S/C22H24ClN3O2S/c1-3-11-26-21(28)18-10-9-17(23)12-19(18)25-22(26)29-14-20(27)24-13-15(2)16-7-5-4-6-8-16/h4-10,12,15H,3,11,13-14H2,1-2H3,(H,24,27)/t15-/m0/s1. The van der Waals surface area contributed by atoms with Gasteiger partial charge in [-0.2, -0.15) is 0 Å². The van der Waals surface area contributed by atoms with Crippen LogP contribution in [0.4, 0.5) is 0 Å². The molecule has 0 spiro atoms. The lowest BCUT2D eigenvalue weighted by atomic mass is 10.0. The maximum Gasteiger partial charge on any atom is 0.262 e. The van der Waals surface area contributed by atoms with Gasteiger partial charge >= 0.3 is 0 Å². The molecule has 2 aromatic carbocycles. The third-order valence-corrected chi connectivity index (χ3v) is 5.85. The minimum Gasteiger partial charge on any atom is -0.355 e. The Balaban J connectivity index is 1.69. The first-order valence-corrected chi connectivity index (χ1v) is 11.0. The number of thioether (sulfide) groups is 1. The molecule has 29 heavy (non-hydrogen) atoms. The molecule has 1 aromatic heterocycles. The fourth-order valence-electron chi connectivity index (χ4n) is 3.05. The molecule has 0 radical (unpaired) electrons. The molecule has 7 heteroatoms. The molecule has 1 N–H and O–H groups in total. The molecule has 1 heterocycles. The van der Waals surface area contributed by atoms with Crippen molar-refractivity contribution in [2.75, 3.05) is 12.3 Å². The fraction of sp³-hybridized carbons (Fsp3) is 0.318. The molecule has 0 fully saturated rings. The summed E-state index contributed by atoms with van der Waals surface area (Å²) in [6.07, 6.45) is 0.801. The fourth-order valence-corrected chi connectivity index (χ4v) is 4.07. The zero-order chi connectivity index (χ0) is 20.8. The van der Waals surface area contributed by atoms with Crippen molar-refractivity contribution in [2.24, 2.45) is 0 Å². The number of amides is 1. The molecule has 0 aliphatic heterocycles. The number of hydrogen-bond donors (Lipinski definition) is 1. The second kappa shape index (κ2) is 9.94. The number of nitrogens with one attached hydrogen (secondary N) is 1. The van der Waals surface area contributed by atoms with E-state index in [-0.39, 0.29) is 23.1 Å². The molecular weight excluding hydrogens is 406 g/mol. The van der Waals surface area contributed by atoms with E-state index in [0.717, 1.165) is 6.42 Å². The van der Waals surface area contributed by atoms with Gasteiger partial charge in [0.05, 0.1) is 16.7 Å². The molecule has 5 nitrogen and oxygen atoms in total. The number of halogens is 1. The molecular formula is C22H24ClN3O2S. The van der Waals surface area contributed by atoms with Gasteiger partial charge in [-0.3, -0.25) is 14.2 Å². The lowest BCUT2D eigenvalue weighted by Gasteiger charge is -2.14. The molecule has 0 bridgehead atoms. The highest BCUT2D eigenvalue weighted by Gasteiger charge is 2.14. The van der Waals surface area contributed by atoms with E-state index in [1.807, 2.05) is 25.1 Å². The van der Waals surface area contributed by atoms with Crippen LogP contribution in [0.3, 0.4) is 0 Å². The average Bonchev–Trinajstić information content (AvgIpc) is 2.73. The van der Waals surface area contributed by atoms with Crippen molar-refractivity contribution < 1.29 is 4.79 Å². The van der Waals surface area contributed by atoms with Gasteiger partial charge in [0.1, 0.15) is 0 Å². The first-order chi connectivity index (χ1) is 14.0. The summed E-state index contributed by atoms with van der Waals surface area (Å²) in [5.41, 5.74) is 1.63. The third-order valence-electron chi connectivity index (χ3n) is 4.64. The molecule has 152 valence electrons. The number of rotatable bonds is 8. The van der Waals surface area contributed by atoms with Crippen LogP contribution < -0.4 is 10.9 Å². The maximum absolute atomic E-state index is 12.8. The molecule has 0 saturated carbocycles. The molecule has 0 aliphatic carbocycles. The van der Waals surface area contributed by atoms with E-state index in [9.17, 15) is 9.59 Å². The number of hydrogen-bond acceptors (Lipinski definition) is 4. The lowest BCUT2D eigenvalue weighted by molar-refractivity contribution is -0.118. The topological polar surface area (TPSA) is 64.0 Å². The number of benzene rings is 2. The van der Waals surface area contributed by atoms with E-state index < -0.39 is 0 Å². The smallest absolute Gasteiger partial charge is 0.262 e. The third kappa shape index (κ3) is 5.40. The summed E-state index contributed by atoms with van der Waals surface area (Å²) < 4.78 is 1.64. The Morgan fingerprint density at radius 1 is 1.24 bits per heavy atom. The Hall–Kier alpha value is -2.31. The van der Waals surface area contributed by atoms with E-state index in [2.05, 4.69) is 29.4 Å². The van der Waals surface area contributed by atoms with Crippen LogP contribution in [0, 0.1) is 0 Å². The molecule has 3 rings (SSSR count). The first-order valence-electron chi connectivity index (χ1n) is 9.64. The summed E-state index contributed by atoms with van der Waals surface area (Å²) in [5.74, 6) is 0.342. The predicted molar refractivity (Wildman–Crippen MR) is 120 cm³/mol. The van der Waals surface area contributed by atoms with Crippen molar-refractivity contribution in [3.8, 4) is 0 Å². The van der Waals surface area contributed by atoms with Gasteiger partial charge in [-0.1, -0.05) is 67.5 Å². The number of carbonyl (C=O) groups excluding carboxylic acids is 1. The van der Waals surface area contributed by atoms with E-state index in [4.69, 9.17) is 11.6 Å². The van der Waals surface area contributed by atoms with E-state index in [1.54, 1.807) is 22.8 Å². The Bertz CT molecular complexity index is 1050. The van der Waals surface area contributed by atoms with E-state index in [0.29, 0.717) is 34.2 Å². The Labute approximate surface area is 179 Å². The Kier molecular flexibility index (Phi) is 7.34. The summed E-state index contributed by atoms with van der Waals surface area (Å²) in [5, 5.41) is 4.57. The highest BCUT2D eigenvalue weighted by Crippen LogP contribution is 2.21. The summed E-state index contributed by atoms with van der Waals surface area (Å²) in [6.45, 7) is 5.20. The predicted octanol–water partition coefficient (Wildman–Crippen LogP) is 4.47. The van der Waals surface area contributed by atoms with Crippen molar-refractivity contribution in [1.29, 1.82) is 0 Å². The summed E-state index contributed by atoms with van der Waals surface area (Å²) in [4.78, 5) is 29.8. The van der Waals surface area contributed by atoms with Crippen molar-refractivity contribution in [3.05, 3.63) is 69.5 Å². The highest BCUT2D eigenvalue weighted by atomic mass is 35.5. The summed E-state index contributed by atoms with van der Waals surface area (Å²) in [7, 11) is 0. The molecule has 1 amide bonds. The van der Waals surface area contributed by atoms with Gasteiger partial charge in [0.25, 0.3) is 5.56 Å². The van der Waals surface area contributed by atoms with Crippen molar-refractivity contribution >= 4 is 40.2 Å². The number of nitrogens with zero attached hydrogens (tertiary/aromatic N) is 2. The van der Waals surface area contributed by atoms with Gasteiger partial charge in [0, 0.05) is 18.1 Å². The quantitative estimate of drug-likeness (QED) is 0.423. The summed E-state index contributed by atoms with van der Waals surface area (Å²) in [6, 6.07) is 15.1. The van der Waals surface area contributed by atoms with Crippen LogP contribution in [-0.4, -0.2) is 27.8 Å². The number of carbonyl (C=O) groups is 1. The van der Waals surface area contributed by atoms with Gasteiger partial charge < -0.3 is 5.32 Å². The largest absolute Gasteiger partial charge is 0.355 e. The van der Waals surface area contributed by atoms with Gasteiger partial charge in [0.2, 0.25) is 5.91 Å². The SMILES string of the molecule is CCCn1c(SCC(=O)NC[C@H](C)c2ccccc2)nc2cc(Cl)ccc2c1=O. The van der Waals surface area contributed by atoms with Crippen LogP contribution in [0.1, 0.15) is 31.7 Å². The van der Waals surface area contributed by atoms with E-state index >= 15 is 0 Å². The molecule has 3 aromatic rings. The maximum atomic E-state index is 12.8. The molecule has 0 saturated heterocycles. The second-order valence-corrected chi connectivity index (χ2v) is 8.30. The first kappa shape index (κ1) is 21.4. The zero-order valence-corrected chi connectivity index (χ0v) is 18.1.